The minimum atomic E-state index is -1.13. The Morgan fingerprint density at radius 1 is 1.41 bits per heavy atom. The van der Waals surface area contributed by atoms with Gasteiger partial charge in [-0.25, -0.2) is 4.79 Å². The zero-order chi connectivity index (χ0) is 20.6. The SMILES string of the molecule is C[C@@]1(O)CC2(CCN(C(=O)[C@H]3CCCNC3)CC2)OC[C@H]1n1ccc(N)nc1=O. The van der Waals surface area contributed by atoms with Gasteiger partial charge in [0.25, 0.3) is 0 Å². The van der Waals surface area contributed by atoms with Gasteiger partial charge in [0.05, 0.1) is 29.8 Å². The van der Waals surface area contributed by atoms with E-state index in [1.54, 1.807) is 19.2 Å². The van der Waals surface area contributed by atoms with E-state index in [1.165, 1.54) is 4.57 Å². The molecule has 3 aliphatic heterocycles. The third kappa shape index (κ3) is 4.04. The van der Waals surface area contributed by atoms with Gasteiger partial charge in [0, 0.05) is 32.3 Å². The predicted molar refractivity (Wildman–Crippen MR) is 107 cm³/mol. The van der Waals surface area contributed by atoms with Crippen LogP contribution in [0.25, 0.3) is 0 Å². The average molecular weight is 405 g/mol. The normalized spacial score (nSPS) is 32.3. The number of aromatic nitrogens is 2. The van der Waals surface area contributed by atoms with Crippen molar-refractivity contribution in [1.82, 2.24) is 19.8 Å². The molecule has 3 aliphatic rings. The fourth-order valence-corrected chi connectivity index (χ4v) is 5.08. The topological polar surface area (TPSA) is 123 Å². The highest BCUT2D eigenvalue weighted by Gasteiger charge is 2.50. The number of carbonyl (C=O) groups excluding carboxylic acids is 1. The van der Waals surface area contributed by atoms with E-state index in [4.69, 9.17) is 10.5 Å². The molecular formula is C20H31N5O4. The minimum Gasteiger partial charge on any atom is -0.388 e. The van der Waals surface area contributed by atoms with E-state index in [0.29, 0.717) is 32.4 Å². The predicted octanol–water partition coefficient (Wildman–Crippen LogP) is -0.101. The maximum Gasteiger partial charge on any atom is 0.349 e. The molecule has 4 N–H and O–H groups in total. The van der Waals surface area contributed by atoms with E-state index in [2.05, 4.69) is 10.3 Å². The number of hydrogen-bond donors (Lipinski definition) is 3. The molecule has 9 nitrogen and oxygen atoms in total. The standard InChI is InChI=1S/C20H31N5O4/c1-19(28)13-20(29-12-15(19)25-8-4-16(21)23-18(25)27)5-9-24(10-6-20)17(26)14-3-2-7-22-11-14/h4,8,14-15,22,28H,2-3,5-7,9-13H2,1H3,(H2,21,23,27)/t14-,15+,19+/m0/s1. The third-order valence-corrected chi connectivity index (χ3v) is 6.77. The molecule has 160 valence electrons. The number of anilines is 1. The van der Waals surface area contributed by atoms with Crippen molar-refractivity contribution in [2.45, 2.75) is 56.3 Å². The monoisotopic (exact) mass is 405 g/mol. The van der Waals surface area contributed by atoms with Crippen molar-refractivity contribution < 1.29 is 14.6 Å². The molecule has 4 rings (SSSR count). The van der Waals surface area contributed by atoms with Gasteiger partial charge in [-0.2, -0.15) is 4.98 Å². The summed E-state index contributed by atoms with van der Waals surface area (Å²) in [5.74, 6) is 0.457. The maximum absolute atomic E-state index is 12.8. The number of likely N-dealkylation sites (tertiary alicyclic amines) is 1. The summed E-state index contributed by atoms with van der Waals surface area (Å²) < 4.78 is 7.64. The number of rotatable bonds is 2. The molecule has 1 aromatic rings. The molecule has 0 aliphatic carbocycles. The zero-order valence-corrected chi connectivity index (χ0v) is 17.0. The van der Waals surface area contributed by atoms with Gasteiger partial charge in [-0.1, -0.05) is 0 Å². The highest BCUT2D eigenvalue weighted by molar-refractivity contribution is 5.79. The lowest BCUT2D eigenvalue weighted by molar-refractivity contribution is -0.198. The van der Waals surface area contributed by atoms with Gasteiger partial charge in [-0.3, -0.25) is 9.36 Å². The number of aliphatic hydroxyl groups is 1. The molecule has 4 heterocycles. The van der Waals surface area contributed by atoms with Gasteiger partial charge < -0.3 is 25.8 Å². The molecule has 0 unspecified atom stereocenters. The third-order valence-electron chi connectivity index (χ3n) is 6.77. The van der Waals surface area contributed by atoms with Crippen LogP contribution in [-0.4, -0.2) is 69.5 Å². The Morgan fingerprint density at radius 2 is 2.17 bits per heavy atom. The van der Waals surface area contributed by atoms with Crippen LogP contribution in [-0.2, 0) is 9.53 Å². The Kier molecular flexibility index (Phi) is 5.39. The molecule has 1 spiro atoms. The van der Waals surface area contributed by atoms with Crippen LogP contribution in [0, 0.1) is 5.92 Å². The summed E-state index contributed by atoms with van der Waals surface area (Å²) in [6, 6.07) is 1.02. The summed E-state index contributed by atoms with van der Waals surface area (Å²) in [6.07, 6.45) is 5.35. The lowest BCUT2D eigenvalue weighted by Gasteiger charge is -2.51. The Balaban J connectivity index is 1.41. The summed E-state index contributed by atoms with van der Waals surface area (Å²) in [6.45, 7) is 5.00. The van der Waals surface area contributed by atoms with Crippen molar-refractivity contribution in [2.75, 3.05) is 38.5 Å². The molecule has 3 atom stereocenters. The molecular weight excluding hydrogens is 374 g/mol. The zero-order valence-electron chi connectivity index (χ0n) is 17.0. The summed E-state index contributed by atoms with van der Waals surface area (Å²) in [7, 11) is 0. The lowest BCUT2D eigenvalue weighted by atomic mass is 9.75. The number of nitrogen functional groups attached to an aromatic ring is 1. The first-order valence-corrected chi connectivity index (χ1v) is 10.5. The Labute approximate surface area is 170 Å². The van der Waals surface area contributed by atoms with Crippen LogP contribution in [0.3, 0.4) is 0 Å². The number of nitrogens with zero attached hydrogens (tertiary/aromatic N) is 3. The Bertz CT molecular complexity index is 809. The second-order valence-electron chi connectivity index (χ2n) is 8.95. The number of amides is 1. The van der Waals surface area contributed by atoms with Gasteiger partial charge in [0.15, 0.2) is 0 Å². The first-order chi connectivity index (χ1) is 13.8. The second-order valence-corrected chi connectivity index (χ2v) is 8.95. The van der Waals surface area contributed by atoms with Crippen LogP contribution >= 0.6 is 0 Å². The molecule has 3 saturated heterocycles. The maximum atomic E-state index is 12.8. The summed E-state index contributed by atoms with van der Waals surface area (Å²) >= 11 is 0. The fraction of sp³-hybridized carbons (Fsp3) is 0.750. The Hall–Kier alpha value is -1.97. The van der Waals surface area contributed by atoms with Gasteiger partial charge in [-0.15, -0.1) is 0 Å². The van der Waals surface area contributed by atoms with Crippen LogP contribution < -0.4 is 16.7 Å². The van der Waals surface area contributed by atoms with Crippen LogP contribution in [0.2, 0.25) is 0 Å². The molecule has 3 fully saturated rings. The van der Waals surface area contributed by atoms with E-state index in [9.17, 15) is 14.7 Å². The van der Waals surface area contributed by atoms with Crippen LogP contribution in [0.1, 0.15) is 45.1 Å². The summed E-state index contributed by atoms with van der Waals surface area (Å²) in [5, 5.41) is 14.5. The van der Waals surface area contributed by atoms with Gasteiger partial charge in [0.1, 0.15) is 5.82 Å². The van der Waals surface area contributed by atoms with Crippen molar-refractivity contribution in [3.8, 4) is 0 Å². The highest BCUT2D eigenvalue weighted by atomic mass is 16.5. The van der Waals surface area contributed by atoms with E-state index >= 15 is 0 Å². The smallest absolute Gasteiger partial charge is 0.349 e. The summed E-state index contributed by atoms with van der Waals surface area (Å²) in [5.41, 5.74) is 3.49. The highest BCUT2D eigenvalue weighted by Crippen LogP contribution is 2.43. The number of piperidine rings is 2. The van der Waals surface area contributed by atoms with Crippen molar-refractivity contribution in [2.24, 2.45) is 5.92 Å². The average Bonchev–Trinajstić information content (AvgIpc) is 2.69. The van der Waals surface area contributed by atoms with E-state index < -0.39 is 22.9 Å². The molecule has 1 amide bonds. The molecule has 0 aromatic carbocycles. The molecule has 0 bridgehead atoms. The van der Waals surface area contributed by atoms with E-state index in [0.717, 1.165) is 25.9 Å². The van der Waals surface area contributed by atoms with Gasteiger partial charge >= 0.3 is 5.69 Å². The van der Waals surface area contributed by atoms with Gasteiger partial charge in [0.2, 0.25) is 5.91 Å². The van der Waals surface area contributed by atoms with Crippen LogP contribution in [0.15, 0.2) is 17.1 Å². The molecule has 1 aromatic heterocycles. The van der Waals surface area contributed by atoms with Crippen molar-refractivity contribution in [3.05, 3.63) is 22.7 Å². The van der Waals surface area contributed by atoms with Crippen molar-refractivity contribution in [3.63, 3.8) is 0 Å². The quantitative estimate of drug-likeness (QED) is 0.628. The number of hydrogen-bond acceptors (Lipinski definition) is 7. The number of nitrogens with two attached hydrogens (primary N) is 1. The lowest BCUT2D eigenvalue weighted by Crippen LogP contribution is -2.59. The molecule has 9 heteroatoms. The van der Waals surface area contributed by atoms with Crippen LogP contribution in [0.5, 0.6) is 0 Å². The van der Waals surface area contributed by atoms with E-state index in [-0.39, 0.29) is 24.2 Å². The molecule has 0 radical (unpaired) electrons. The second kappa shape index (κ2) is 7.70. The summed E-state index contributed by atoms with van der Waals surface area (Å²) in [4.78, 5) is 30.7. The van der Waals surface area contributed by atoms with Gasteiger partial charge in [-0.05, 0) is 45.2 Å². The largest absolute Gasteiger partial charge is 0.388 e. The first-order valence-electron chi connectivity index (χ1n) is 10.5. The molecule has 0 saturated carbocycles. The number of ether oxygens (including phenoxy) is 1. The number of nitrogens with one attached hydrogen (secondary N) is 1. The number of carbonyl (C=O) groups is 1. The van der Waals surface area contributed by atoms with Crippen LogP contribution in [0.4, 0.5) is 5.82 Å². The Morgan fingerprint density at radius 3 is 2.79 bits per heavy atom. The van der Waals surface area contributed by atoms with Crippen molar-refractivity contribution in [1.29, 1.82) is 0 Å². The minimum absolute atomic E-state index is 0.0717. The first kappa shape index (κ1) is 20.3. The fourth-order valence-electron chi connectivity index (χ4n) is 5.08. The van der Waals surface area contributed by atoms with E-state index in [1.807, 2.05) is 4.90 Å². The molecule has 29 heavy (non-hydrogen) atoms. The van der Waals surface area contributed by atoms with Crippen molar-refractivity contribution >= 4 is 11.7 Å².